The zero-order valence-corrected chi connectivity index (χ0v) is 18.5. The van der Waals surface area contributed by atoms with E-state index in [1.807, 2.05) is 32.0 Å². The molecule has 0 aromatic heterocycles. The average Bonchev–Trinajstić information content (AvgIpc) is 2.73. The van der Waals surface area contributed by atoms with Crippen LogP contribution in [0.4, 0.5) is 5.69 Å². The Hall–Kier alpha value is -2.70. The Labute approximate surface area is 179 Å². The third-order valence-electron chi connectivity index (χ3n) is 6.16. The van der Waals surface area contributed by atoms with E-state index in [4.69, 9.17) is 0 Å². The third kappa shape index (κ3) is 5.68. The topological polar surface area (TPSA) is 67.1 Å². The second kappa shape index (κ2) is 9.87. The largest absolute Gasteiger partial charge is 0.341 e. The van der Waals surface area contributed by atoms with Gasteiger partial charge in [-0.05, 0) is 44.0 Å². The van der Waals surface area contributed by atoms with Crippen molar-refractivity contribution in [2.24, 2.45) is 0 Å². The fourth-order valence-electron chi connectivity index (χ4n) is 3.93. The second-order valence-electron chi connectivity index (χ2n) is 8.54. The number of aryl methyl sites for hydroxylation is 3. The molecule has 160 valence electrons. The molecule has 0 unspecified atom stereocenters. The Balaban J connectivity index is 1.65. The van der Waals surface area contributed by atoms with Crippen LogP contribution in [0.5, 0.6) is 0 Å². The lowest BCUT2D eigenvalue weighted by atomic mass is 10.0. The molecule has 1 heterocycles. The van der Waals surface area contributed by atoms with Crippen LogP contribution < -0.4 is 20.4 Å². The quantitative estimate of drug-likeness (QED) is 0.517. The summed E-state index contributed by atoms with van der Waals surface area (Å²) in [5, 5.41) is 5.58. The van der Waals surface area contributed by atoms with Crippen LogP contribution in [-0.2, 0) is 9.59 Å². The molecule has 4 N–H and O–H groups in total. The predicted octanol–water partition coefficient (Wildman–Crippen LogP) is -0.179. The van der Waals surface area contributed by atoms with Crippen LogP contribution in [0.3, 0.4) is 0 Å². The summed E-state index contributed by atoms with van der Waals surface area (Å²) in [4.78, 5) is 27.9. The van der Waals surface area contributed by atoms with E-state index in [-0.39, 0.29) is 6.04 Å². The summed E-state index contributed by atoms with van der Waals surface area (Å²) in [5.74, 6) is -1.22. The van der Waals surface area contributed by atoms with Crippen molar-refractivity contribution in [1.82, 2.24) is 5.32 Å². The highest BCUT2D eigenvalue weighted by Gasteiger charge is 2.30. The highest BCUT2D eigenvalue weighted by atomic mass is 16.2. The van der Waals surface area contributed by atoms with Gasteiger partial charge < -0.3 is 20.4 Å². The van der Waals surface area contributed by atoms with E-state index < -0.39 is 11.8 Å². The third-order valence-corrected chi connectivity index (χ3v) is 6.16. The van der Waals surface area contributed by atoms with Gasteiger partial charge in [-0.3, -0.25) is 9.59 Å². The highest BCUT2D eigenvalue weighted by Crippen LogP contribution is 2.14. The first-order chi connectivity index (χ1) is 14.3. The van der Waals surface area contributed by atoms with Gasteiger partial charge in [0.05, 0.1) is 13.6 Å². The van der Waals surface area contributed by atoms with Crippen molar-refractivity contribution in [3.05, 3.63) is 64.7 Å². The van der Waals surface area contributed by atoms with E-state index in [0.717, 1.165) is 37.3 Å². The number of benzene rings is 2. The maximum atomic E-state index is 12.5. The molecular weight excluding hydrogens is 376 g/mol. The number of piperazine rings is 1. The molecule has 1 aliphatic rings. The number of rotatable bonds is 5. The smallest absolute Gasteiger partial charge is 0.313 e. The molecule has 1 fully saturated rings. The van der Waals surface area contributed by atoms with E-state index in [9.17, 15) is 9.59 Å². The first-order valence-electron chi connectivity index (χ1n) is 10.7. The van der Waals surface area contributed by atoms with Gasteiger partial charge in [-0.15, -0.1) is 0 Å². The molecule has 1 saturated heterocycles. The predicted molar refractivity (Wildman–Crippen MR) is 119 cm³/mol. The van der Waals surface area contributed by atoms with Crippen LogP contribution >= 0.6 is 0 Å². The van der Waals surface area contributed by atoms with Gasteiger partial charge in [0.25, 0.3) is 0 Å². The van der Waals surface area contributed by atoms with E-state index in [1.165, 1.54) is 16.0 Å². The number of carbonyl (C=O) groups is 2. The molecule has 2 amide bonds. The first kappa shape index (κ1) is 22.0. The van der Waals surface area contributed by atoms with Crippen molar-refractivity contribution in [2.45, 2.75) is 26.8 Å². The van der Waals surface area contributed by atoms with Crippen LogP contribution in [0, 0.1) is 20.8 Å². The Kier molecular flexibility index (Phi) is 7.24. The number of carbonyl (C=O) groups excluding carboxylic acids is 2. The van der Waals surface area contributed by atoms with Gasteiger partial charge in [-0.25, -0.2) is 0 Å². The number of hydrogen-bond acceptors (Lipinski definition) is 2. The number of anilines is 1. The lowest BCUT2D eigenvalue weighted by Gasteiger charge is -2.33. The van der Waals surface area contributed by atoms with E-state index in [0.29, 0.717) is 12.2 Å². The molecule has 1 aliphatic heterocycles. The molecule has 0 radical (unpaired) electrons. The van der Waals surface area contributed by atoms with Crippen molar-refractivity contribution in [1.29, 1.82) is 0 Å². The second-order valence-corrected chi connectivity index (χ2v) is 8.54. The lowest BCUT2D eigenvalue weighted by molar-refractivity contribution is -1.02. The average molecular weight is 411 g/mol. The van der Waals surface area contributed by atoms with Crippen LogP contribution in [0.2, 0.25) is 0 Å². The Morgan fingerprint density at radius 2 is 1.57 bits per heavy atom. The monoisotopic (exact) mass is 410 g/mol. The van der Waals surface area contributed by atoms with Crippen LogP contribution in [0.25, 0.3) is 0 Å². The minimum Gasteiger partial charge on any atom is -0.341 e. The van der Waals surface area contributed by atoms with Gasteiger partial charge in [0.15, 0.2) is 0 Å². The van der Waals surface area contributed by atoms with Gasteiger partial charge in [-0.2, -0.15) is 0 Å². The summed E-state index contributed by atoms with van der Waals surface area (Å²) in [6.07, 6.45) is 0. The minimum absolute atomic E-state index is 0.136. The standard InChI is InChI=1S/C24H32N4O2/c1-17-5-8-20(9-6-17)22(28-13-11-27(4)12-14-28)16-25-23(29)24(30)26-21-10-7-18(2)19(3)15-21/h5-10,15,22H,11-14,16H2,1-4H3,(H,25,29)(H,26,30)/p+2/t22-/m0/s1. The Morgan fingerprint density at radius 3 is 2.20 bits per heavy atom. The molecule has 0 saturated carbocycles. The molecule has 3 rings (SSSR count). The molecule has 0 bridgehead atoms. The van der Waals surface area contributed by atoms with Crippen molar-refractivity contribution in [3.63, 3.8) is 0 Å². The SMILES string of the molecule is Cc1ccc([C@H](CNC(=O)C(=O)Nc2ccc(C)c(C)c2)[NH+]2CC[NH+](C)CC2)cc1. The normalized spacial score (nSPS) is 19.7. The van der Waals surface area contributed by atoms with E-state index in [1.54, 1.807) is 4.90 Å². The first-order valence-corrected chi connectivity index (χ1v) is 10.7. The van der Waals surface area contributed by atoms with Crippen LogP contribution in [0.15, 0.2) is 42.5 Å². The van der Waals surface area contributed by atoms with Gasteiger partial charge in [0.2, 0.25) is 0 Å². The van der Waals surface area contributed by atoms with Crippen molar-refractivity contribution in [2.75, 3.05) is 45.1 Å². The number of quaternary nitrogens is 2. The summed E-state index contributed by atoms with van der Waals surface area (Å²) in [6.45, 7) is 10.8. The molecule has 2 aromatic rings. The Morgan fingerprint density at radius 1 is 0.900 bits per heavy atom. The molecule has 1 atom stereocenters. The summed E-state index contributed by atoms with van der Waals surface area (Å²) in [5.41, 5.74) is 5.28. The molecule has 30 heavy (non-hydrogen) atoms. The fourth-order valence-corrected chi connectivity index (χ4v) is 3.93. The zero-order valence-electron chi connectivity index (χ0n) is 18.5. The van der Waals surface area contributed by atoms with Gasteiger partial charge in [0.1, 0.15) is 32.2 Å². The number of likely N-dealkylation sites (N-methyl/N-ethyl adjacent to an activating group) is 1. The van der Waals surface area contributed by atoms with Crippen molar-refractivity contribution < 1.29 is 19.4 Å². The minimum atomic E-state index is -0.626. The molecule has 6 nitrogen and oxygen atoms in total. The molecule has 0 spiro atoms. The summed E-state index contributed by atoms with van der Waals surface area (Å²) in [6, 6.07) is 14.3. The zero-order chi connectivity index (χ0) is 21.7. The lowest BCUT2D eigenvalue weighted by Crippen LogP contribution is -3.27. The maximum Gasteiger partial charge on any atom is 0.313 e. The van der Waals surface area contributed by atoms with Crippen molar-refractivity contribution >= 4 is 17.5 Å². The van der Waals surface area contributed by atoms with Crippen molar-refractivity contribution in [3.8, 4) is 0 Å². The number of nitrogens with one attached hydrogen (secondary N) is 4. The number of hydrogen-bond donors (Lipinski definition) is 4. The van der Waals surface area contributed by atoms with Crippen LogP contribution in [0.1, 0.15) is 28.3 Å². The molecule has 0 aliphatic carbocycles. The molecular formula is C24H34N4O2+2. The molecule has 6 heteroatoms. The molecule has 2 aromatic carbocycles. The summed E-state index contributed by atoms with van der Waals surface area (Å²) in [7, 11) is 2.22. The fraction of sp³-hybridized carbons (Fsp3) is 0.417. The highest BCUT2D eigenvalue weighted by molar-refractivity contribution is 6.39. The Bertz CT molecular complexity index is 887. The van der Waals surface area contributed by atoms with E-state index >= 15 is 0 Å². The van der Waals surface area contributed by atoms with Gasteiger partial charge in [-0.1, -0.05) is 35.9 Å². The summed E-state index contributed by atoms with van der Waals surface area (Å²) < 4.78 is 0. The van der Waals surface area contributed by atoms with Gasteiger partial charge >= 0.3 is 11.8 Å². The number of amides is 2. The summed E-state index contributed by atoms with van der Waals surface area (Å²) >= 11 is 0. The van der Waals surface area contributed by atoms with E-state index in [2.05, 4.69) is 48.9 Å². The van der Waals surface area contributed by atoms with Crippen LogP contribution in [-0.4, -0.2) is 51.6 Å². The maximum absolute atomic E-state index is 12.5. The van der Waals surface area contributed by atoms with Gasteiger partial charge in [0, 0.05) is 11.3 Å².